The number of hydrogen-bond donors (Lipinski definition) is 1. The molecule has 4 aromatic rings. The highest BCUT2D eigenvalue weighted by atomic mass is 127. The van der Waals surface area contributed by atoms with Crippen LogP contribution in [0.2, 0.25) is 0 Å². The van der Waals surface area contributed by atoms with Crippen LogP contribution in [0.5, 0.6) is 17.2 Å². The smallest absolute Gasteiger partial charge is 0.338 e. The van der Waals surface area contributed by atoms with E-state index in [1.165, 1.54) is 35.1 Å². The highest BCUT2D eigenvalue weighted by Crippen LogP contribution is 2.37. The number of allylic oxidation sites excluding steroid dienone is 1. The third-order valence-electron chi connectivity index (χ3n) is 7.23. The number of fused-ring (bicyclic) bond motifs is 1. The van der Waals surface area contributed by atoms with E-state index in [2.05, 4.69) is 27.6 Å². The molecule has 12 heteroatoms. The number of benzene rings is 3. The van der Waals surface area contributed by atoms with Crippen molar-refractivity contribution in [3.63, 3.8) is 0 Å². The first-order valence-electron chi connectivity index (χ1n) is 14.8. The van der Waals surface area contributed by atoms with Crippen molar-refractivity contribution in [3.05, 3.63) is 117 Å². The summed E-state index contributed by atoms with van der Waals surface area (Å²) < 4.78 is 26.0. The first-order chi connectivity index (χ1) is 22.5. The first kappa shape index (κ1) is 33.9. The molecule has 0 amide bonds. The second-order valence-electron chi connectivity index (χ2n) is 10.8. The van der Waals surface area contributed by atoms with Crippen molar-refractivity contribution in [2.24, 2.45) is 4.99 Å². The fraction of sp³-hybridized carbons (Fsp3) is 0.257. The molecule has 0 bridgehead atoms. The number of carbonyl (C=O) groups is 2. The zero-order valence-corrected chi connectivity index (χ0v) is 29.4. The maximum Gasteiger partial charge on any atom is 0.338 e. The minimum Gasteiger partial charge on any atom is -0.493 e. The van der Waals surface area contributed by atoms with Crippen LogP contribution in [0.4, 0.5) is 0 Å². The van der Waals surface area contributed by atoms with E-state index in [9.17, 15) is 14.4 Å². The predicted octanol–water partition coefficient (Wildman–Crippen LogP) is 5.48. The Morgan fingerprint density at radius 1 is 1.11 bits per heavy atom. The molecule has 5 rings (SSSR count). The molecule has 10 nitrogen and oxygen atoms in total. The summed E-state index contributed by atoms with van der Waals surface area (Å²) >= 11 is 3.38. The number of carboxylic acids is 1. The average Bonchev–Trinajstić information content (AvgIpc) is 3.33. The van der Waals surface area contributed by atoms with Gasteiger partial charge in [-0.3, -0.25) is 9.36 Å². The number of nitrogens with zero attached hydrogens (tertiary/aromatic N) is 2. The molecular formula is C35H33IN2O8S. The molecule has 0 fully saturated rings. The molecule has 1 N–H and O–H groups in total. The minimum absolute atomic E-state index is 0.134. The number of para-hydroxylation sites is 1. The topological polar surface area (TPSA) is 126 Å². The highest BCUT2D eigenvalue weighted by molar-refractivity contribution is 14.1. The van der Waals surface area contributed by atoms with E-state index in [4.69, 9.17) is 24.1 Å². The summed E-state index contributed by atoms with van der Waals surface area (Å²) in [6.07, 6.45) is 1.63. The van der Waals surface area contributed by atoms with Crippen LogP contribution < -0.4 is 29.1 Å². The molecule has 1 aliphatic rings. The summed E-state index contributed by atoms with van der Waals surface area (Å²) in [4.78, 5) is 43.8. The number of carbonyl (C=O) groups excluding carboxylic acids is 1. The SMILES string of the molecule is CCOC(=O)C1=C(C)N=c2s/c(=C/c3cc(I)c(OCc4ccc(C(=O)O)cc4)c(OC)c3)c(=O)n2[C@H]1c1ccccc1OC(C)C. The van der Waals surface area contributed by atoms with Gasteiger partial charge in [-0.15, -0.1) is 0 Å². The Balaban J connectivity index is 1.57. The van der Waals surface area contributed by atoms with Crippen LogP contribution in [0.1, 0.15) is 60.8 Å². The number of thiazole rings is 1. The summed E-state index contributed by atoms with van der Waals surface area (Å²) in [5.74, 6) is 0.0137. The number of methoxy groups -OCH3 is 1. The van der Waals surface area contributed by atoms with Gasteiger partial charge in [0.05, 0.1) is 44.8 Å². The van der Waals surface area contributed by atoms with E-state index >= 15 is 0 Å². The molecule has 0 unspecified atom stereocenters. The molecule has 3 aromatic carbocycles. The summed E-state index contributed by atoms with van der Waals surface area (Å²) in [6.45, 7) is 7.69. The quantitative estimate of drug-likeness (QED) is 0.157. The van der Waals surface area contributed by atoms with Gasteiger partial charge in [0.15, 0.2) is 16.3 Å². The van der Waals surface area contributed by atoms with Crippen molar-refractivity contribution >= 4 is 51.9 Å². The van der Waals surface area contributed by atoms with Gasteiger partial charge in [0.25, 0.3) is 5.56 Å². The zero-order valence-electron chi connectivity index (χ0n) is 26.4. The lowest BCUT2D eigenvalue weighted by atomic mass is 9.95. The van der Waals surface area contributed by atoms with Crippen LogP contribution in [0.25, 0.3) is 6.08 Å². The Kier molecular flexibility index (Phi) is 10.5. The molecule has 0 radical (unpaired) electrons. The van der Waals surface area contributed by atoms with Gasteiger partial charge >= 0.3 is 11.9 Å². The van der Waals surface area contributed by atoms with Crippen molar-refractivity contribution in [2.75, 3.05) is 13.7 Å². The number of carboxylic acid groups (broad SMARTS) is 1. The van der Waals surface area contributed by atoms with Crippen LogP contribution in [-0.4, -0.2) is 41.4 Å². The molecule has 2 heterocycles. The third kappa shape index (κ3) is 7.28. The number of halogens is 1. The Morgan fingerprint density at radius 3 is 2.49 bits per heavy atom. The molecule has 0 saturated heterocycles. The highest BCUT2D eigenvalue weighted by Gasteiger charge is 2.35. The Morgan fingerprint density at radius 2 is 1.83 bits per heavy atom. The van der Waals surface area contributed by atoms with E-state index in [0.717, 1.165) is 9.13 Å². The van der Waals surface area contributed by atoms with Gasteiger partial charge in [-0.2, -0.15) is 0 Å². The van der Waals surface area contributed by atoms with E-state index < -0.39 is 18.0 Å². The van der Waals surface area contributed by atoms with Crippen LogP contribution in [0.3, 0.4) is 0 Å². The fourth-order valence-corrected chi connectivity index (χ4v) is 6.99. The van der Waals surface area contributed by atoms with Crippen molar-refractivity contribution in [1.82, 2.24) is 4.57 Å². The largest absolute Gasteiger partial charge is 0.493 e. The molecule has 0 aliphatic carbocycles. The number of esters is 1. The van der Waals surface area contributed by atoms with E-state index in [0.29, 0.717) is 43.4 Å². The van der Waals surface area contributed by atoms with Gasteiger partial charge in [-0.25, -0.2) is 14.6 Å². The third-order valence-corrected chi connectivity index (χ3v) is 9.01. The van der Waals surface area contributed by atoms with Crippen molar-refractivity contribution in [3.8, 4) is 17.2 Å². The van der Waals surface area contributed by atoms with Crippen molar-refractivity contribution < 1.29 is 33.6 Å². The standard InChI is InChI=1S/C35H33IN2O8S/c1-6-44-34(42)29-20(4)37-35-38(30(29)24-9-7-8-10-26(24)46-19(2)3)32(39)28(47-35)17-22-15-25(36)31(27(16-22)43-5)45-18-21-11-13-23(14-12-21)33(40)41/h7-17,19,30H,6,18H2,1-5H3,(H,40,41)/b28-17+/t30-/m0/s1. The molecule has 0 saturated carbocycles. The Labute approximate surface area is 288 Å². The number of aromatic carboxylic acids is 1. The molecule has 1 aromatic heterocycles. The Hall–Kier alpha value is -4.43. The molecular weight excluding hydrogens is 735 g/mol. The zero-order chi connectivity index (χ0) is 33.8. The molecule has 0 spiro atoms. The molecule has 47 heavy (non-hydrogen) atoms. The van der Waals surface area contributed by atoms with E-state index in [-0.39, 0.29) is 36.0 Å². The summed E-state index contributed by atoms with van der Waals surface area (Å²) in [5.41, 5.74) is 2.79. The lowest BCUT2D eigenvalue weighted by Crippen LogP contribution is -2.40. The number of hydrogen-bond acceptors (Lipinski definition) is 9. The van der Waals surface area contributed by atoms with Crippen LogP contribution >= 0.6 is 33.9 Å². The second kappa shape index (κ2) is 14.6. The molecule has 1 atom stereocenters. The maximum atomic E-state index is 14.2. The van der Waals surface area contributed by atoms with E-state index in [1.807, 2.05) is 44.2 Å². The normalized spacial score (nSPS) is 14.4. The number of rotatable bonds is 11. The minimum atomic E-state index is -0.994. The maximum absolute atomic E-state index is 14.2. The van der Waals surface area contributed by atoms with Crippen LogP contribution in [0, 0.1) is 3.57 Å². The van der Waals surface area contributed by atoms with Gasteiger partial charge in [0, 0.05) is 5.56 Å². The van der Waals surface area contributed by atoms with Gasteiger partial charge in [0.2, 0.25) is 0 Å². The van der Waals surface area contributed by atoms with Crippen molar-refractivity contribution in [1.29, 1.82) is 0 Å². The lowest BCUT2D eigenvalue weighted by molar-refractivity contribution is -0.139. The number of aromatic nitrogens is 1. The van der Waals surface area contributed by atoms with Gasteiger partial charge in [0.1, 0.15) is 18.4 Å². The first-order valence-corrected chi connectivity index (χ1v) is 16.7. The van der Waals surface area contributed by atoms with Gasteiger partial charge in [-0.05, 0) is 97.8 Å². The summed E-state index contributed by atoms with van der Waals surface area (Å²) in [6, 6.07) is 16.7. The summed E-state index contributed by atoms with van der Waals surface area (Å²) in [7, 11) is 1.54. The summed E-state index contributed by atoms with van der Waals surface area (Å²) in [5, 5.41) is 9.15. The average molecular weight is 769 g/mol. The van der Waals surface area contributed by atoms with E-state index in [1.54, 1.807) is 38.1 Å². The Bertz CT molecular complexity index is 2050. The van der Waals surface area contributed by atoms with Gasteiger partial charge < -0.3 is 24.1 Å². The second-order valence-corrected chi connectivity index (χ2v) is 13.0. The fourth-order valence-electron chi connectivity index (χ4n) is 5.17. The van der Waals surface area contributed by atoms with Gasteiger partial charge in [-0.1, -0.05) is 41.7 Å². The lowest BCUT2D eigenvalue weighted by Gasteiger charge is -2.26. The molecule has 1 aliphatic heterocycles. The molecule has 244 valence electrons. The van der Waals surface area contributed by atoms with Crippen LogP contribution in [0.15, 0.2) is 81.7 Å². The predicted molar refractivity (Wildman–Crippen MR) is 186 cm³/mol. The monoisotopic (exact) mass is 768 g/mol. The number of ether oxygens (including phenoxy) is 4. The van der Waals surface area contributed by atoms with Crippen molar-refractivity contribution in [2.45, 2.75) is 46.4 Å². The van der Waals surface area contributed by atoms with Crippen LogP contribution in [-0.2, 0) is 16.1 Å².